The summed E-state index contributed by atoms with van der Waals surface area (Å²) in [5.41, 5.74) is 0.334. The Morgan fingerprint density at radius 2 is 1.80 bits per heavy atom. The van der Waals surface area contributed by atoms with Gasteiger partial charge in [-0.15, -0.1) is 0 Å². The minimum absolute atomic E-state index is 0.0263. The van der Waals surface area contributed by atoms with E-state index < -0.39 is 10.4 Å². The Labute approximate surface area is 176 Å². The van der Waals surface area contributed by atoms with Crippen molar-refractivity contribution in [3.63, 3.8) is 0 Å². The van der Waals surface area contributed by atoms with Gasteiger partial charge in [0.25, 0.3) is 5.91 Å². The molecule has 0 aromatic heterocycles. The lowest BCUT2D eigenvalue weighted by Gasteiger charge is -2.37. The van der Waals surface area contributed by atoms with Gasteiger partial charge in [0.2, 0.25) is 10.4 Å². The van der Waals surface area contributed by atoms with Crippen LogP contribution in [0.25, 0.3) is 10.8 Å². The summed E-state index contributed by atoms with van der Waals surface area (Å²) in [6.07, 6.45) is 0.913. The van der Waals surface area contributed by atoms with Crippen molar-refractivity contribution in [3.05, 3.63) is 42.0 Å². The number of morpholine rings is 1. The predicted molar refractivity (Wildman–Crippen MR) is 111 cm³/mol. The highest BCUT2D eigenvalue weighted by Gasteiger charge is 2.24. The molecule has 1 amide bonds. The predicted octanol–water partition coefficient (Wildman–Crippen LogP) is 1.24. The van der Waals surface area contributed by atoms with Gasteiger partial charge in [-0.05, 0) is 22.9 Å². The number of aromatic hydroxyl groups is 1. The number of phenolic OH excluding ortho intramolecular Hbond substituents is 1. The number of fused-ring (bicyclic) bond motifs is 1. The highest BCUT2D eigenvalue weighted by molar-refractivity contribution is 7.80. The third-order valence-corrected chi connectivity index (χ3v) is 5.43. The first kappa shape index (κ1) is 24.0. The first-order valence-electron chi connectivity index (χ1n) is 9.56. The van der Waals surface area contributed by atoms with Crippen molar-refractivity contribution in [2.24, 2.45) is 0 Å². The zero-order valence-electron chi connectivity index (χ0n) is 17.2. The van der Waals surface area contributed by atoms with Crippen molar-refractivity contribution in [2.75, 3.05) is 53.6 Å². The van der Waals surface area contributed by atoms with E-state index in [1.54, 1.807) is 12.1 Å². The van der Waals surface area contributed by atoms with Gasteiger partial charge in [0.05, 0.1) is 39.5 Å². The molecule has 166 valence electrons. The van der Waals surface area contributed by atoms with Gasteiger partial charge in [-0.25, -0.2) is 8.42 Å². The molecule has 0 spiro atoms. The molecule has 3 rings (SSSR count). The second-order valence-corrected chi connectivity index (χ2v) is 8.45. The smallest absolute Gasteiger partial charge is 0.255 e. The lowest BCUT2D eigenvalue weighted by Crippen LogP contribution is -2.52. The summed E-state index contributed by atoms with van der Waals surface area (Å²) in [5.74, 6) is -0.193. The van der Waals surface area contributed by atoms with Gasteiger partial charge in [-0.1, -0.05) is 24.3 Å². The van der Waals surface area contributed by atoms with Crippen molar-refractivity contribution in [1.82, 2.24) is 5.32 Å². The van der Waals surface area contributed by atoms with Crippen molar-refractivity contribution in [1.29, 1.82) is 0 Å². The maximum absolute atomic E-state index is 12.3. The molecule has 2 N–H and O–H groups in total. The van der Waals surface area contributed by atoms with Crippen LogP contribution in [0.1, 0.15) is 16.8 Å². The molecule has 2 aromatic rings. The number of nitrogens with one attached hydrogen (secondary N) is 1. The molecule has 0 atom stereocenters. The van der Waals surface area contributed by atoms with E-state index in [9.17, 15) is 22.9 Å². The summed E-state index contributed by atoms with van der Waals surface area (Å²) in [6.45, 7) is 5.31. The number of carbonyl (C=O) groups is 1. The molecule has 1 aliphatic rings. The third-order valence-electron chi connectivity index (χ3n) is 5.02. The molecular weight excluding hydrogens is 412 g/mol. The molecule has 30 heavy (non-hydrogen) atoms. The number of phenols is 1. The number of carbonyl (C=O) groups excluding carboxylic acids is 1. The number of hydrogen-bond acceptors (Lipinski definition) is 7. The van der Waals surface area contributed by atoms with Gasteiger partial charge < -0.3 is 24.2 Å². The Kier molecular flexibility index (Phi) is 8.56. The summed E-state index contributed by atoms with van der Waals surface area (Å²) in [5, 5.41) is 14.9. The fourth-order valence-corrected chi connectivity index (χ4v) is 3.18. The molecule has 0 bridgehead atoms. The summed E-state index contributed by atoms with van der Waals surface area (Å²) < 4.78 is 37.4. The average Bonchev–Trinajstić information content (AvgIpc) is 2.71. The Bertz CT molecular complexity index is 957. The molecule has 1 heterocycles. The summed E-state index contributed by atoms with van der Waals surface area (Å²) in [7, 11) is -1.37. The Morgan fingerprint density at radius 1 is 1.23 bits per heavy atom. The fourth-order valence-electron chi connectivity index (χ4n) is 3.18. The Hall–Kier alpha value is -2.24. The topological polar surface area (TPSA) is 125 Å². The van der Waals surface area contributed by atoms with E-state index in [-0.39, 0.29) is 11.7 Å². The number of rotatable bonds is 6. The highest BCUT2D eigenvalue weighted by atomic mass is 32.3. The van der Waals surface area contributed by atoms with Gasteiger partial charge in [0, 0.05) is 13.0 Å². The van der Waals surface area contributed by atoms with Crippen LogP contribution in [-0.2, 0) is 19.3 Å². The number of quaternary nitrogens is 1. The number of benzene rings is 2. The average molecular weight is 441 g/mol. The van der Waals surface area contributed by atoms with E-state index in [4.69, 9.17) is 4.74 Å². The molecule has 1 fully saturated rings. The second-order valence-electron chi connectivity index (χ2n) is 7.30. The highest BCUT2D eigenvalue weighted by Crippen LogP contribution is 2.24. The van der Waals surface area contributed by atoms with Gasteiger partial charge in [-0.2, -0.15) is 0 Å². The van der Waals surface area contributed by atoms with Gasteiger partial charge >= 0.3 is 0 Å². The van der Waals surface area contributed by atoms with Crippen molar-refractivity contribution in [2.45, 2.75) is 6.42 Å². The summed E-state index contributed by atoms with van der Waals surface area (Å²) in [6, 6.07) is 11.1. The van der Waals surface area contributed by atoms with Crippen LogP contribution in [0.3, 0.4) is 0 Å². The van der Waals surface area contributed by atoms with Crippen LogP contribution in [-0.4, -0.2) is 82.0 Å². The van der Waals surface area contributed by atoms with Crippen molar-refractivity contribution < 1.29 is 36.3 Å². The number of amides is 1. The largest absolute Gasteiger partial charge is 0.726 e. The first-order valence-corrected chi connectivity index (χ1v) is 10.9. The fraction of sp³-hybridized carbons (Fsp3) is 0.450. The second kappa shape index (κ2) is 10.7. The van der Waals surface area contributed by atoms with E-state index >= 15 is 0 Å². The molecule has 0 unspecified atom stereocenters. The molecule has 1 saturated heterocycles. The molecule has 1 aliphatic heterocycles. The quantitative estimate of drug-likeness (QED) is 0.300. The summed E-state index contributed by atoms with van der Waals surface area (Å²) >= 11 is 0. The Morgan fingerprint density at radius 3 is 2.37 bits per heavy atom. The van der Waals surface area contributed by atoms with E-state index in [1.165, 1.54) is 0 Å². The standard InChI is InChI=1S/C19H24N2O3.CH4O4S/c1-21(9-11-24-12-10-21)8-4-7-20-19(23)17-13-15-5-2-3-6-16(15)14-18(17)22;1-5-6(2,3)4/h2-3,5-6,13-14H,4,7-12H2,1H3,(H-,20,22,23);1H3,(H,2,3,4). The van der Waals surface area contributed by atoms with Gasteiger partial charge in [-0.3, -0.25) is 8.98 Å². The van der Waals surface area contributed by atoms with Crippen LogP contribution in [0.5, 0.6) is 5.75 Å². The van der Waals surface area contributed by atoms with Crippen molar-refractivity contribution in [3.8, 4) is 5.75 Å². The molecule has 9 nitrogen and oxygen atoms in total. The number of hydrogen-bond donors (Lipinski definition) is 2. The van der Waals surface area contributed by atoms with Crippen LogP contribution >= 0.6 is 0 Å². The van der Waals surface area contributed by atoms with Gasteiger partial charge in [0.15, 0.2) is 0 Å². The number of likely N-dealkylation sites (N-methyl/N-ethyl adjacent to an activating group) is 1. The molecule has 2 aromatic carbocycles. The van der Waals surface area contributed by atoms with Gasteiger partial charge in [0.1, 0.15) is 18.8 Å². The van der Waals surface area contributed by atoms with Crippen LogP contribution in [0.2, 0.25) is 0 Å². The molecule has 0 radical (unpaired) electrons. The first-order chi connectivity index (χ1) is 14.1. The molecule has 0 aliphatic carbocycles. The summed E-state index contributed by atoms with van der Waals surface area (Å²) in [4.78, 5) is 12.3. The zero-order chi connectivity index (χ0) is 22.2. The van der Waals surface area contributed by atoms with E-state index in [2.05, 4.69) is 16.5 Å². The minimum Gasteiger partial charge on any atom is -0.726 e. The lowest BCUT2D eigenvalue weighted by atomic mass is 10.1. The molecule has 0 saturated carbocycles. The van der Waals surface area contributed by atoms with Crippen LogP contribution in [0, 0.1) is 0 Å². The van der Waals surface area contributed by atoms with E-state index in [0.717, 1.165) is 61.6 Å². The monoisotopic (exact) mass is 440 g/mol. The van der Waals surface area contributed by atoms with Crippen LogP contribution in [0.4, 0.5) is 0 Å². The van der Waals surface area contributed by atoms with E-state index in [1.807, 2.05) is 24.3 Å². The third kappa shape index (κ3) is 7.54. The van der Waals surface area contributed by atoms with Crippen molar-refractivity contribution >= 4 is 27.1 Å². The number of ether oxygens (including phenoxy) is 1. The van der Waals surface area contributed by atoms with E-state index in [0.29, 0.717) is 12.1 Å². The Balaban J connectivity index is 0.000000469. The SMILES string of the molecule is COS(=O)(=O)[O-].C[N+]1(CCCNC(=O)c2cc3ccccc3cc2O)CCOCC1. The molecular formula is C20H28N2O7S. The normalized spacial score (nSPS) is 15.8. The molecule has 10 heteroatoms. The zero-order valence-corrected chi connectivity index (χ0v) is 18.0. The minimum atomic E-state index is -4.41. The van der Waals surface area contributed by atoms with Crippen LogP contribution < -0.4 is 5.32 Å². The van der Waals surface area contributed by atoms with Crippen LogP contribution in [0.15, 0.2) is 36.4 Å². The lowest BCUT2D eigenvalue weighted by molar-refractivity contribution is -0.916. The maximum Gasteiger partial charge on any atom is 0.255 e. The number of nitrogens with zero attached hydrogens (tertiary/aromatic N) is 1. The maximum atomic E-state index is 12.3.